The Bertz CT molecular complexity index is 305. The van der Waals surface area contributed by atoms with Crippen molar-refractivity contribution in [2.75, 3.05) is 0 Å². The lowest BCUT2D eigenvalue weighted by Gasteiger charge is -1.94. The first-order valence-electron chi connectivity index (χ1n) is 2.57. The maximum absolute atomic E-state index is 10.3. The van der Waals surface area contributed by atoms with Crippen LogP contribution in [0.5, 0.6) is 0 Å². The summed E-state index contributed by atoms with van der Waals surface area (Å²) in [6.45, 7) is 0. The summed E-state index contributed by atoms with van der Waals surface area (Å²) < 4.78 is 1.03. The summed E-state index contributed by atoms with van der Waals surface area (Å²) in [7, 11) is 0. The number of aromatic nitrogens is 1. The molecule has 0 unspecified atom stereocenters. The van der Waals surface area contributed by atoms with E-state index in [1.54, 1.807) is 0 Å². The van der Waals surface area contributed by atoms with E-state index in [1.807, 2.05) is 22.6 Å². The molecular formula is C5H2BrIN2O2. The van der Waals surface area contributed by atoms with E-state index in [1.165, 1.54) is 12.3 Å². The van der Waals surface area contributed by atoms with Gasteiger partial charge in [-0.1, -0.05) is 0 Å². The third kappa shape index (κ3) is 1.86. The Morgan fingerprint density at radius 2 is 2.36 bits per heavy atom. The molecule has 0 aliphatic rings. The van der Waals surface area contributed by atoms with Gasteiger partial charge in [0.1, 0.15) is 8.17 Å². The summed E-state index contributed by atoms with van der Waals surface area (Å²) in [4.78, 5) is 13.7. The standard InChI is InChI=1S/C5H2BrIN2O2/c6-4-3(9(10)11)1-2-8-5(4)7/h1-2H. The van der Waals surface area contributed by atoms with Gasteiger partial charge in [-0.05, 0) is 38.5 Å². The Morgan fingerprint density at radius 3 is 2.82 bits per heavy atom. The van der Waals surface area contributed by atoms with Crippen molar-refractivity contribution in [1.82, 2.24) is 4.98 Å². The average Bonchev–Trinajstić information content (AvgIpc) is 1.94. The fourth-order valence-corrected chi connectivity index (χ4v) is 1.37. The molecule has 0 amide bonds. The molecule has 1 aromatic rings. The Morgan fingerprint density at radius 1 is 1.73 bits per heavy atom. The average molecular weight is 329 g/mol. The lowest BCUT2D eigenvalue weighted by Crippen LogP contribution is -1.92. The number of pyridine rings is 1. The maximum atomic E-state index is 10.3. The molecule has 0 radical (unpaired) electrons. The second-order valence-electron chi connectivity index (χ2n) is 1.69. The molecule has 4 nitrogen and oxygen atoms in total. The quantitative estimate of drug-likeness (QED) is 0.344. The second-order valence-corrected chi connectivity index (χ2v) is 3.51. The summed E-state index contributed by atoms with van der Waals surface area (Å²) in [5, 5.41) is 10.3. The van der Waals surface area contributed by atoms with Crippen LogP contribution >= 0.6 is 38.5 Å². The topological polar surface area (TPSA) is 56.0 Å². The van der Waals surface area contributed by atoms with Crippen LogP contribution in [0.3, 0.4) is 0 Å². The normalized spacial score (nSPS) is 9.64. The van der Waals surface area contributed by atoms with Crippen molar-refractivity contribution in [3.8, 4) is 0 Å². The molecule has 0 N–H and O–H groups in total. The predicted molar refractivity (Wildman–Crippen MR) is 51.3 cm³/mol. The zero-order valence-electron chi connectivity index (χ0n) is 5.12. The molecule has 0 saturated heterocycles. The second kappa shape index (κ2) is 3.44. The molecule has 0 saturated carbocycles. The molecule has 1 heterocycles. The third-order valence-electron chi connectivity index (χ3n) is 1.02. The van der Waals surface area contributed by atoms with Crippen molar-refractivity contribution >= 4 is 44.2 Å². The number of halogens is 2. The van der Waals surface area contributed by atoms with E-state index < -0.39 is 4.92 Å². The molecule has 11 heavy (non-hydrogen) atoms. The Balaban J connectivity index is 3.27. The van der Waals surface area contributed by atoms with Crippen LogP contribution in [0.4, 0.5) is 5.69 Å². The fourth-order valence-electron chi connectivity index (χ4n) is 0.550. The molecule has 1 rings (SSSR count). The minimum Gasteiger partial charge on any atom is -0.258 e. The van der Waals surface area contributed by atoms with Gasteiger partial charge in [0.2, 0.25) is 0 Å². The van der Waals surface area contributed by atoms with Crippen molar-refractivity contribution in [2.45, 2.75) is 0 Å². The van der Waals surface area contributed by atoms with E-state index in [-0.39, 0.29) is 5.69 Å². The van der Waals surface area contributed by atoms with Crippen LogP contribution in [0.2, 0.25) is 0 Å². The third-order valence-corrected chi connectivity index (χ3v) is 3.36. The monoisotopic (exact) mass is 328 g/mol. The van der Waals surface area contributed by atoms with Gasteiger partial charge < -0.3 is 0 Å². The number of nitro groups is 1. The summed E-state index contributed by atoms with van der Waals surface area (Å²) in [6, 6.07) is 1.35. The number of hydrogen-bond donors (Lipinski definition) is 0. The highest BCUT2D eigenvalue weighted by atomic mass is 127. The zero-order chi connectivity index (χ0) is 8.43. The molecule has 0 fully saturated rings. The van der Waals surface area contributed by atoms with E-state index in [0.29, 0.717) is 8.17 Å². The van der Waals surface area contributed by atoms with Crippen LogP contribution in [0, 0.1) is 13.8 Å². The van der Waals surface area contributed by atoms with Crippen LogP contribution in [0.15, 0.2) is 16.7 Å². The summed E-state index contributed by atoms with van der Waals surface area (Å²) in [6.07, 6.45) is 1.41. The highest BCUT2D eigenvalue weighted by Gasteiger charge is 2.13. The molecule has 0 aliphatic heterocycles. The number of nitrogens with zero attached hydrogens (tertiary/aromatic N) is 2. The molecule has 58 valence electrons. The van der Waals surface area contributed by atoms with Crippen molar-refractivity contribution in [1.29, 1.82) is 0 Å². The first-order valence-corrected chi connectivity index (χ1v) is 4.44. The smallest absolute Gasteiger partial charge is 0.258 e. The van der Waals surface area contributed by atoms with E-state index >= 15 is 0 Å². The number of hydrogen-bond acceptors (Lipinski definition) is 3. The van der Waals surface area contributed by atoms with Gasteiger partial charge in [0.25, 0.3) is 5.69 Å². The van der Waals surface area contributed by atoms with E-state index in [4.69, 9.17) is 0 Å². The predicted octanol–water partition coefficient (Wildman–Crippen LogP) is 2.36. The summed E-state index contributed by atoms with van der Waals surface area (Å²) in [5.74, 6) is 0. The Labute approximate surface area is 84.4 Å². The zero-order valence-corrected chi connectivity index (χ0v) is 8.87. The van der Waals surface area contributed by atoms with Gasteiger partial charge in [0, 0.05) is 12.3 Å². The Hall–Kier alpha value is -0.240. The number of rotatable bonds is 1. The van der Waals surface area contributed by atoms with E-state index in [2.05, 4.69) is 20.9 Å². The lowest BCUT2D eigenvalue weighted by atomic mass is 10.4. The van der Waals surface area contributed by atoms with Crippen LogP contribution in [-0.2, 0) is 0 Å². The molecule has 0 aliphatic carbocycles. The fraction of sp³-hybridized carbons (Fsp3) is 0. The van der Waals surface area contributed by atoms with E-state index in [9.17, 15) is 10.1 Å². The van der Waals surface area contributed by atoms with Crippen LogP contribution in [0.25, 0.3) is 0 Å². The highest BCUT2D eigenvalue weighted by Crippen LogP contribution is 2.27. The van der Waals surface area contributed by atoms with E-state index in [0.717, 1.165) is 0 Å². The molecule has 0 aromatic carbocycles. The summed E-state index contributed by atoms with van der Waals surface area (Å²) >= 11 is 4.99. The lowest BCUT2D eigenvalue weighted by molar-refractivity contribution is -0.385. The minimum atomic E-state index is -0.450. The molecule has 0 atom stereocenters. The van der Waals surface area contributed by atoms with Crippen molar-refractivity contribution in [2.24, 2.45) is 0 Å². The van der Waals surface area contributed by atoms with Crippen LogP contribution in [-0.4, -0.2) is 9.91 Å². The van der Waals surface area contributed by atoms with Gasteiger partial charge in [-0.2, -0.15) is 0 Å². The van der Waals surface area contributed by atoms with Gasteiger partial charge >= 0.3 is 0 Å². The van der Waals surface area contributed by atoms with Crippen molar-refractivity contribution in [3.63, 3.8) is 0 Å². The highest BCUT2D eigenvalue weighted by molar-refractivity contribution is 14.1. The van der Waals surface area contributed by atoms with Crippen LogP contribution < -0.4 is 0 Å². The molecule has 0 bridgehead atoms. The minimum absolute atomic E-state index is 0.0457. The van der Waals surface area contributed by atoms with Crippen LogP contribution in [0.1, 0.15) is 0 Å². The molecule has 0 spiro atoms. The molecule has 6 heteroatoms. The Kier molecular flexibility index (Phi) is 2.77. The largest absolute Gasteiger partial charge is 0.287 e. The van der Waals surface area contributed by atoms with Crippen molar-refractivity contribution < 1.29 is 4.92 Å². The van der Waals surface area contributed by atoms with Gasteiger partial charge in [0.15, 0.2) is 0 Å². The van der Waals surface area contributed by atoms with Gasteiger partial charge in [-0.3, -0.25) is 10.1 Å². The first kappa shape index (κ1) is 8.85. The molecular weight excluding hydrogens is 327 g/mol. The van der Waals surface area contributed by atoms with Gasteiger partial charge in [-0.25, -0.2) is 4.98 Å². The summed E-state index contributed by atoms with van der Waals surface area (Å²) in [5.41, 5.74) is 0.0457. The van der Waals surface area contributed by atoms with Gasteiger partial charge in [0.05, 0.1) is 4.92 Å². The van der Waals surface area contributed by atoms with Gasteiger partial charge in [-0.15, -0.1) is 0 Å². The molecule has 1 aromatic heterocycles. The SMILES string of the molecule is O=[N+]([O-])c1ccnc(I)c1Br. The first-order chi connectivity index (χ1) is 5.13. The van der Waals surface area contributed by atoms with Crippen molar-refractivity contribution in [3.05, 3.63) is 30.6 Å². The maximum Gasteiger partial charge on any atom is 0.287 e.